The second kappa shape index (κ2) is 7.12. The molecule has 4 aromatic rings. The van der Waals surface area contributed by atoms with Gasteiger partial charge in [-0.25, -0.2) is 9.78 Å². The van der Waals surface area contributed by atoms with E-state index < -0.39 is 0 Å². The highest BCUT2D eigenvalue weighted by molar-refractivity contribution is 5.82. The van der Waals surface area contributed by atoms with E-state index in [1.807, 2.05) is 35.9 Å². The van der Waals surface area contributed by atoms with Crippen LogP contribution in [0, 0.1) is 6.92 Å². The number of hydrogen-bond acceptors (Lipinski definition) is 5. The summed E-state index contributed by atoms with van der Waals surface area (Å²) in [4.78, 5) is 24.0. The van der Waals surface area contributed by atoms with E-state index in [1.165, 1.54) is 5.56 Å². The van der Waals surface area contributed by atoms with Crippen molar-refractivity contribution in [2.45, 2.75) is 32.6 Å². The molecule has 0 unspecified atom stereocenters. The van der Waals surface area contributed by atoms with Gasteiger partial charge in [0.05, 0.1) is 23.1 Å². The van der Waals surface area contributed by atoms with Gasteiger partial charge in [0.2, 0.25) is 0 Å². The van der Waals surface area contributed by atoms with Crippen LogP contribution < -0.4 is 5.63 Å². The Balaban J connectivity index is 1.50. The number of likely N-dealkylation sites (tertiary alicyclic amines) is 1. The van der Waals surface area contributed by atoms with Gasteiger partial charge in [-0.1, -0.05) is 19.1 Å². The summed E-state index contributed by atoms with van der Waals surface area (Å²) in [6.45, 7) is 7.51. The molecule has 0 N–H and O–H groups in total. The Kier molecular flexibility index (Phi) is 4.43. The average Bonchev–Trinajstić information content (AvgIpc) is 3.15. The number of nitrogens with zero attached hydrogens (tertiary/aromatic N) is 4. The monoisotopic (exact) mass is 388 g/mol. The van der Waals surface area contributed by atoms with E-state index in [9.17, 15) is 4.79 Å². The van der Waals surface area contributed by atoms with E-state index >= 15 is 0 Å². The van der Waals surface area contributed by atoms with E-state index in [0.29, 0.717) is 28.4 Å². The van der Waals surface area contributed by atoms with E-state index in [4.69, 9.17) is 4.42 Å². The molecule has 1 saturated heterocycles. The number of rotatable bonds is 3. The predicted molar refractivity (Wildman–Crippen MR) is 113 cm³/mol. The molecule has 5 rings (SSSR count). The van der Waals surface area contributed by atoms with Crippen molar-refractivity contribution in [1.82, 2.24) is 19.3 Å². The van der Waals surface area contributed by atoms with Crippen LogP contribution in [0.3, 0.4) is 0 Å². The molecule has 0 radical (unpaired) electrons. The number of imidazole rings is 1. The lowest BCUT2D eigenvalue weighted by atomic mass is 9.89. The molecule has 1 fully saturated rings. The minimum atomic E-state index is -0.358. The van der Waals surface area contributed by atoms with E-state index in [1.54, 1.807) is 6.20 Å². The van der Waals surface area contributed by atoms with Gasteiger partial charge in [-0.2, -0.15) is 0 Å². The van der Waals surface area contributed by atoms with Crippen molar-refractivity contribution in [3.63, 3.8) is 0 Å². The van der Waals surface area contributed by atoms with Crippen molar-refractivity contribution in [1.29, 1.82) is 0 Å². The minimum absolute atomic E-state index is 0.358. The van der Waals surface area contributed by atoms with Gasteiger partial charge in [0, 0.05) is 17.8 Å². The molecule has 4 heterocycles. The number of piperidine rings is 1. The molecule has 0 amide bonds. The third kappa shape index (κ3) is 3.34. The standard InChI is InChI=1S/C23H24N4O2/c1-3-26-8-6-16(7-9-26)17-4-5-18-10-19(23(28)29-21(18)11-17)20-14-27-13-15(2)24-12-22(27)25-20/h4-5,10-14,16H,3,6-9H2,1-2H3. The van der Waals surface area contributed by atoms with Crippen LogP contribution in [0.15, 0.2) is 52.1 Å². The van der Waals surface area contributed by atoms with Gasteiger partial charge in [0.25, 0.3) is 0 Å². The Labute approximate surface area is 168 Å². The van der Waals surface area contributed by atoms with Crippen molar-refractivity contribution in [2.24, 2.45) is 0 Å². The van der Waals surface area contributed by atoms with Gasteiger partial charge in [-0.3, -0.25) is 4.98 Å². The maximum Gasteiger partial charge on any atom is 0.345 e. The highest BCUT2D eigenvalue weighted by Gasteiger charge is 2.20. The molecular weight excluding hydrogens is 364 g/mol. The molecule has 0 atom stereocenters. The second-order valence-corrected chi connectivity index (χ2v) is 7.87. The highest BCUT2D eigenvalue weighted by Crippen LogP contribution is 2.30. The van der Waals surface area contributed by atoms with Gasteiger partial charge < -0.3 is 13.7 Å². The van der Waals surface area contributed by atoms with Crippen molar-refractivity contribution in [3.05, 3.63) is 64.5 Å². The summed E-state index contributed by atoms with van der Waals surface area (Å²) < 4.78 is 7.59. The van der Waals surface area contributed by atoms with Crippen LogP contribution >= 0.6 is 0 Å². The van der Waals surface area contributed by atoms with Crippen molar-refractivity contribution < 1.29 is 4.42 Å². The summed E-state index contributed by atoms with van der Waals surface area (Å²) in [7, 11) is 0. The van der Waals surface area contributed by atoms with Gasteiger partial charge in [-0.15, -0.1) is 0 Å². The first-order chi connectivity index (χ1) is 14.1. The summed E-state index contributed by atoms with van der Waals surface area (Å²) in [5, 5.41) is 0.917. The smallest absolute Gasteiger partial charge is 0.345 e. The highest BCUT2D eigenvalue weighted by atomic mass is 16.4. The number of fused-ring (bicyclic) bond motifs is 2. The molecule has 0 aliphatic carbocycles. The normalized spacial score (nSPS) is 16.1. The maximum absolute atomic E-state index is 12.7. The van der Waals surface area contributed by atoms with E-state index in [-0.39, 0.29) is 5.63 Å². The maximum atomic E-state index is 12.7. The summed E-state index contributed by atoms with van der Waals surface area (Å²) in [6.07, 6.45) is 7.74. The molecule has 1 aliphatic heterocycles. The number of aryl methyl sites for hydroxylation is 1. The Bertz CT molecular complexity index is 1250. The predicted octanol–water partition coefficient (Wildman–Crippen LogP) is 4.01. The van der Waals surface area contributed by atoms with Crippen LogP contribution in [-0.2, 0) is 0 Å². The van der Waals surface area contributed by atoms with Crippen LogP contribution in [0.4, 0.5) is 0 Å². The number of hydrogen-bond donors (Lipinski definition) is 0. The second-order valence-electron chi connectivity index (χ2n) is 7.87. The zero-order valence-corrected chi connectivity index (χ0v) is 16.8. The quantitative estimate of drug-likeness (QED) is 0.496. The van der Waals surface area contributed by atoms with Crippen LogP contribution in [0.2, 0.25) is 0 Å². The fourth-order valence-electron chi connectivity index (χ4n) is 4.27. The molecule has 0 saturated carbocycles. The SMILES string of the molecule is CCN1CCC(c2ccc3cc(-c4cn5cc(C)ncc5n4)c(=O)oc3c2)CC1. The zero-order chi connectivity index (χ0) is 20.0. The van der Waals surface area contributed by atoms with Gasteiger partial charge in [0.15, 0.2) is 5.65 Å². The molecule has 0 bridgehead atoms. The van der Waals surface area contributed by atoms with Crippen LogP contribution in [0.1, 0.15) is 36.9 Å². The minimum Gasteiger partial charge on any atom is -0.422 e. The molecule has 6 nitrogen and oxygen atoms in total. The first-order valence-electron chi connectivity index (χ1n) is 10.2. The van der Waals surface area contributed by atoms with Crippen molar-refractivity contribution in [2.75, 3.05) is 19.6 Å². The van der Waals surface area contributed by atoms with Gasteiger partial charge >= 0.3 is 5.63 Å². The Morgan fingerprint density at radius 3 is 2.79 bits per heavy atom. The molecule has 29 heavy (non-hydrogen) atoms. The van der Waals surface area contributed by atoms with Crippen LogP contribution in [-0.4, -0.2) is 38.9 Å². The van der Waals surface area contributed by atoms with Gasteiger partial charge in [-0.05, 0) is 63.0 Å². The first kappa shape index (κ1) is 18.1. The number of aromatic nitrogens is 3. The topological polar surface area (TPSA) is 63.6 Å². The average molecular weight is 388 g/mol. The summed E-state index contributed by atoms with van der Waals surface area (Å²) in [5.41, 5.74) is 4.23. The summed E-state index contributed by atoms with van der Waals surface area (Å²) in [5.74, 6) is 0.529. The lowest BCUT2D eigenvalue weighted by Gasteiger charge is -2.31. The van der Waals surface area contributed by atoms with E-state index in [0.717, 1.165) is 43.6 Å². The Morgan fingerprint density at radius 1 is 1.17 bits per heavy atom. The van der Waals surface area contributed by atoms with Crippen LogP contribution in [0.25, 0.3) is 27.9 Å². The fourth-order valence-corrected chi connectivity index (χ4v) is 4.27. The zero-order valence-electron chi connectivity index (χ0n) is 16.8. The van der Waals surface area contributed by atoms with E-state index in [2.05, 4.69) is 33.9 Å². The molecule has 148 valence electrons. The lowest BCUT2D eigenvalue weighted by molar-refractivity contribution is 0.222. The first-order valence-corrected chi connectivity index (χ1v) is 10.2. The molecular formula is C23H24N4O2. The molecule has 1 aromatic carbocycles. The third-order valence-corrected chi connectivity index (χ3v) is 6.01. The van der Waals surface area contributed by atoms with Crippen molar-refractivity contribution >= 4 is 16.6 Å². The third-order valence-electron chi connectivity index (χ3n) is 6.01. The largest absolute Gasteiger partial charge is 0.422 e. The van der Waals surface area contributed by atoms with Crippen LogP contribution in [0.5, 0.6) is 0 Å². The summed E-state index contributed by atoms with van der Waals surface area (Å²) >= 11 is 0. The molecule has 3 aromatic heterocycles. The van der Waals surface area contributed by atoms with Gasteiger partial charge in [0.1, 0.15) is 5.58 Å². The molecule has 6 heteroatoms. The molecule has 0 spiro atoms. The number of benzene rings is 1. The molecule has 1 aliphatic rings. The van der Waals surface area contributed by atoms with Crippen molar-refractivity contribution in [3.8, 4) is 11.3 Å². The summed E-state index contributed by atoms with van der Waals surface area (Å²) in [6, 6.07) is 8.16. The Hall–Kier alpha value is -2.99. The fraction of sp³-hybridized carbons (Fsp3) is 0.348. The Morgan fingerprint density at radius 2 is 2.00 bits per heavy atom. The lowest BCUT2D eigenvalue weighted by Crippen LogP contribution is -2.32.